The third kappa shape index (κ3) is 1.07. The van der Waals surface area contributed by atoms with E-state index in [1.165, 1.54) is 6.92 Å². The van der Waals surface area contributed by atoms with Gasteiger partial charge in [-0.15, -0.1) is 0 Å². The lowest BCUT2D eigenvalue weighted by Gasteiger charge is -2.19. The molecule has 0 bridgehead atoms. The van der Waals surface area contributed by atoms with Gasteiger partial charge in [-0.25, -0.2) is 0 Å². The van der Waals surface area contributed by atoms with E-state index < -0.39 is 18.0 Å². The summed E-state index contributed by atoms with van der Waals surface area (Å²) >= 11 is 0. The van der Waals surface area contributed by atoms with Crippen LogP contribution in [0.1, 0.15) is 6.92 Å². The van der Waals surface area contributed by atoms with Crippen LogP contribution in [0.4, 0.5) is 0 Å². The van der Waals surface area contributed by atoms with E-state index in [1.54, 1.807) is 0 Å². The SMILES string of the molecule is C[C@@]1(O)OC[C@@H](O)[C@H]1O. The smallest absolute Gasteiger partial charge is 0.191 e. The van der Waals surface area contributed by atoms with Crippen molar-refractivity contribution in [1.29, 1.82) is 0 Å². The summed E-state index contributed by atoms with van der Waals surface area (Å²) in [6, 6.07) is 0. The van der Waals surface area contributed by atoms with Gasteiger partial charge in [-0.05, 0) is 6.92 Å². The van der Waals surface area contributed by atoms with Crippen LogP contribution in [0.25, 0.3) is 0 Å². The molecule has 3 atom stereocenters. The van der Waals surface area contributed by atoms with Crippen LogP contribution < -0.4 is 0 Å². The van der Waals surface area contributed by atoms with Crippen molar-refractivity contribution in [2.75, 3.05) is 6.61 Å². The quantitative estimate of drug-likeness (QED) is 0.375. The van der Waals surface area contributed by atoms with Crippen molar-refractivity contribution in [2.24, 2.45) is 0 Å². The number of hydrogen-bond acceptors (Lipinski definition) is 4. The highest BCUT2D eigenvalue weighted by atomic mass is 16.7. The van der Waals surface area contributed by atoms with E-state index >= 15 is 0 Å². The Kier molecular flexibility index (Phi) is 1.48. The molecular formula is C5H10O4. The standard InChI is InChI=1S/C5H10O4/c1-5(8)4(7)3(6)2-9-5/h3-4,6-8H,2H2,1H3/t3-,4-,5-/m1/s1. The first kappa shape index (κ1) is 6.95. The zero-order valence-corrected chi connectivity index (χ0v) is 5.11. The van der Waals surface area contributed by atoms with E-state index in [0.717, 1.165) is 0 Å². The molecule has 0 spiro atoms. The predicted octanol–water partition coefficient (Wildman–Crippen LogP) is -1.55. The summed E-state index contributed by atoms with van der Waals surface area (Å²) in [5, 5.41) is 26.7. The van der Waals surface area contributed by atoms with Gasteiger partial charge >= 0.3 is 0 Å². The zero-order chi connectivity index (χ0) is 7.07. The maximum Gasteiger partial charge on any atom is 0.191 e. The van der Waals surface area contributed by atoms with Crippen LogP contribution >= 0.6 is 0 Å². The Labute approximate surface area is 52.7 Å². The highest BCUT2D eigenvalue weighted by Gasteiger charge is 2.43. The highest BCUT2D eigenvalue weighted by Crippen LogP contribution is 2.22. The summed E-state index contributed by atoms with van der Waals surface area (Å²) in [5.74, 6) is -1.57. The second-order valence-corrected chi connectivity index (χ2v) is 2.38. The molecule has 0 aromatic rings. The Morgan fingerprint density at radius 1 is 1.56 bits per heavy atom. The molecule has 1 saturated heterocycles. The second kappa shape index (κ2) is 1.91. The lowest BCUT2D eigenvalue weighted by Crippen LogP contribution is -2.39. The molecule has 0 aromatic carbocycles. The van der Waals surface area contributed by atoms with Crippen LogP contribution in [0, 0.1) is 0 Å². The minimum atomic E-state index is -1.57. The first-order valence-corrected chi connectivity index (χ1v) is 2.76. The van der Waals surface area contributed by atoms with Gasteiger partial charge in [0.2, 0.25) is 0 Å². The molecule has 1 rings (SSSR count). The summed E-state index contributed by atoms with van der Waals surface area (Å²) in [6.07, 6.45) is -2.14. The topological polar surface area (TPSA) is 69.9 Å². The van der Waals surface area contributed by atoms with E-state index in [2.05, 4.69) is 4.74 Å². The van der Waals surface area contributed by atoms with Crippen molar-refractivity contribution < 1.29 is 20.1 Å². The van der Waals surface area contributed by atoms with Gasteiger partial charge in [0.15, 0.2) is 5.79 Å². The van der Waals surface area contributed by atoms with Crippen LogP contribution in [-0.2, 0) is 4.74 Å². The summed E-state index contributed by atoms with van der Waals surface area (Å²) < 4.78 is 4.62. The molecule has 1 heterocycles. The summed E-state index contributed by atoms with van der Waals surface area (Å²) in [7, 11) is 0. The Balaban J connectivity index is 2.62. The van der Waals surface area contributed by atoms with Crippen molar-refractivity contribution in [3.8, 4) is 0 Å². The molecule has 9 heavy (non-hydrogen) atoms. The average molecular weight is 134 g/mol. The van der Waals surface area contributed by atoms with Gasteiger partial charge < -0.3 is 20.1 Å². The van der Waals surface area contributed by atoms with Crippen LogP contribution in [0.15, 0.2) is 0 Å². The third-order valence-electron chi connectivity index (χ3n) is 1.46. The Morgan fingerprint density at radius 3 is 2.22 bits per heavy atom. The maximum atomic E-state index is 9.00. The van der Waals surface area contributed by atoms with Gasteiger partial charge in [-0.1, -0.05) is 0 Å². The van der Waals surface area contributed by atoms with Crippen molar-refractivity contribution in [3.63, 3.8) is 0 Å². The molecule has 4 nitrogen and oxygen atoms in total. The molecule has 3 N–H and O–H groups in total. The van der Waals surface area contributed by atoms with E-state index in [-0.39, 0.29) is 6.61 Å². The molecule has 1 fully saturated rings. The van der Waals surface area contributed by atoms with E-state index in [4.69, 9.17) is 15.3 Å². The monoisotopic (exact) mass is 134 g/mol. The lowest BCUT2D eigenvalue weighted by molar-refractivity contribution is -0.201. The van der Waals surface area contributed by atoms with Crippen molar-refractivity contribution in [2.45, 2.75) is 24.9 Å². The van der Waals surface area contributed by atoms with Crippen molar-refractivity contribution >= 4 is 0 Å². The molecular weight excluding hydrogens is 124 g/mol. The molecule has 1 aliphatic heterocycles. The normalized spacial score (nSPS) is 52.0. The fourth-order valence-corrected chi connectivity index (χ4v) is 0.788. The number of rotatable bonds is 0. The number of ether oxygens (including phenoxy) is 1. The minimum absolute atomic E-state index is 0.00579. The molecule has 0 aliphatic carbocycles. The van der Waals surface area contributed by atoms with E-state index in [9.17, 15) is 0 Å². The van der Waals surface area contributed by atoms with Crippen LogP contribution in [0.5, 0.6) is 0 Å². The molecule has 0 saturated carbocycles. The molecule has 0 amide bonds. The first-order chi connectivity index (χ1) is 4.04. The van der Waals surface area contributed by atoms with Gasteiger partial charge in [-0.2, -0.15) is 0 Å². The number of hydrogen-bond donors (Lipinski definition) is 3. The van der Waals surface area contributed by atoms with Crippen LogP contribution in [-0.4, -0.2) is 39.9 Å². The van der Waals surface area contributed by atoms with Gasteiger partial charge in [0, 0.05) is 0 Å². The Morgan fingerprint density at radius 2 is 2.11 bits per heavy atom. The molecule has 0 radical (unpaired) electrons. The summed E-state index contributed by atoms with van der Waals surface area (Å²) in [4.78, 5) is 0. The summed E-state index contributed by atoms with van der Waals surface area (Å²) in [6.45, 7) is 1.31. The largest absolute Gasteiger partial charge is 0.388 e. The van der Waals surface area contributed by atoms with E-state index in [0.29, 0.717) is 0 Å². The lowest BCUT2D eigenvalue weighted by atomic mass is 10.1. The molecule has 0 aromatic heterocycles. The molecule has 1 aliphatic rings. The van der Waals surface area contributed by atoms with Gasteiger partial charge in [0.25, 0.3) is 0 Å². The Bertz CT molecular complexity index is 112. The fourth-order valence-electron chi connectivity index (χ4n) is 0.788. The van der Waals surface area contributed by atoms with Crippen LogP contribution in [0.3, 0.4) is 0 Å². The second-order valence-electron chi connectivity index (χ2n) is 2.38. The molecule has 54 valence electrons. The van der Waals surface area contributed by atoms with Gasteiger partial charge in [0.1, 0.15) is 12.2 Å². The van der Waals surface area contributed by atoms with Gasteiger partial charge in [-0.3, -0.25) is 0 Å². The average Bonchev–Trinajstić information content (AvgIpc) is 1.97. The number of aliphatic hydroxyl groups excluding tert-OH is 2. The zero-order valence-electron chi connectivity index (χ0n) is 5.11. The van der Waals surface area contributed by atoms with Crippen LogP contribution in [0.2, 0.25) is 0 Å². The van der Waals surface area contributed by atoms with E-state index in [1.807, 2.05) is 0 Å². The third-order valence-corrected chi connectivity index (χ3v) is 1.46. The fraction of sp³-hybridized carbons (Fsp3) is 1.00. The van der Waals surface area contributed by atoms with Gasteiger partial charge in [0.05, 0.1) is 6.61 Å². The van der Waals surface area contributed by atoms with Crippen molar-refractivity contribution in [3.05, 3.63) is 0 Å². The maximum absolute atomic E-state index is 9.00. The number of aliphatic hydroxyl groups is 3. The first-order valence-electron chi connectivity index (χ1n) is 2.76. The predicted molar refractivity (Wildman–Crippen MR) is 28.6 cm³/mol. The Hall–Kier alpha value is -0.160. The molecule has 0 unspecified atom stereocenters. The highest BCUT2D eigenvalue weighted by molar-refractivity contribution is 4.85. The molecule has 4 heteroatoms. The minimum Gasteiger partial charge on any atom is -0.388 e. The summed E-state index contributed by atoms with van der Waals surface area (Å²) in [5.41, 5.74) is 0. The van der Waals surface area contributed by atoms with Crippen molar-refractivity contribution in [1.82, 2.24) is 0 Å².